The highest BCUT2D eigenvalue weighted by Crippen LogP contribution is 2.29. The van der Waals surface area contributed by atoms with Crippen molar-refractivity contribution in [3.8, 4) is 5.88 Å². The van der Waals surface area contributed by atoms with Gasteiger partial charge < -0.3 is 9.47 Å². The zero-order valence-corrected chi connectivity index (χ0v) is 13.4. The predicted octanol–water partition coefficient (Wildman–Crippen LogP) is 4.50. The molecule has 1 heterocycles. The molecule has 0 bridgehead atoms. The Morgan fingerprint density at radius 3 is 2.52 bits per heavy atom. The van der Waals surface area contributed by atoms with Gasteiger partial charge in [-0.2, -0.15) is 0 Å². The molecule has 2 rings (SSSR count). The Bertz CT molecular complexity index is 613. The average molecular weight is 349 g/mol. The molecule has 1 atom stereocenters. The number of ether oxygens (including phenoxy) is 2. The molecule has 0 aliphatic heterocycles. The summed E-state index contributed by atoms with van der Waals surface area (Å²) in [5, 5.41) is 0.259. The second-order valence-corrected chi connectivity index (χ2v) is 5.59. The van der Waals surface area contributed by atoms with Crippen LogP contribution in [0.3, 0.4) is 0 Å². The third-order valence-electron chi connectivity index (χ3n) is 2.72. The van der Waals surface area contributed by atoms with Crippen LogP contribution in [0.1, 0.15) is 19.8 Å². The van der Waals surface area contributed by atoms with Gasteiger partial charge in [-0.1, -0.05) is 23.2 Å². The summed E-state index contributed by atoms with van der Waals surface area (Å²) in [5.74, 6) is 1.68. The van der Waals surface area contributed by atoms with Gasteiger partial charge in [-0.25, -0.2) is 4.98 Å². The van der Waals surface area contributed by atoms with E-state index < -0.39 is 11.3 Å². The van der Waals surface area contributed by atoms with E-state index in [0.717, 1.165) is 0 Å². The second kappa shape index (κ2) is 7.16. The molecule has 0 fully saturated rings. The van der Waals surface area contributed by atoms with Crippen LogP contribution in [0, 0.1) is 0 Å². The van der Waals surface area contributed by atoms with Crippen LogP contribution in [0.2, 0.25) is 10.0 Å². The van der Waals surface area contributed by atoms with E-state index in [2.05, 4.69) is 4.98 Å². The van der Waals surface area contributed by atoms with Crippen LogP contribution in [0.4, 0.5) is 0 Å². The summed E-state index contributed by atoms with van der Waals surface area (Å²) < 4.78 is 11.0. The number of carbonyl (C=O) groups is 1. The molecule has 1 aromatic rings. The lowest BCUT2D eigenvalue weighted by atomic mass is 10.1. The van der Waals surface area contributed by atoms with E-state index in [-0.39, 0.29) is 0 Å². The lowest BCUT2D eigenvalue weighted by Gasteiger charge is -2.18. The van der Waals surface area contributed by atoms with Crippen LogP contribution < -0.4 is 4.74 Å². The molecule has 1 aliphatic carbocycles. The van der Waals surface area contributed by atoms with Gasteiger partial charge in [-0.05, 0) is 36.7 Å². The summed E-state index contributed by atoms with van der Waals surface area (Å²) in [6.07, 6.45) is 5.49. The molecular formula is C14H12Cl3NO3. The Balaban J connectivity index is 2.02. The fourth-order valence-electron chi connectivity index (χ4n) is 1.66. The third-order valence-corrected chi connectivity index (χ3v) is 3.51. The highest BCUT2D eigenvalue weighted by molar-refractivity contribution is 6.64. The van der Waals surface area contributed by atoms with Gasteiger partial charge in [-0.15, -0.1) is 0 Å². The van der Waals surface area contributed by atoms with Crippen LogP contribution in [-0.2, 0) is 9.53 Å². The number of rotatable bonds is 5. The normalized spacial score (nSPS) is 15.8. The summed E-state index contributed by atoms with van der Waals surface area (Å²) in [4.78, 5) is 14.9. The minimum atomic E-state index is -0.666. The average Bonchev–Trinajstić information content (AvgIpc) is 2.43. The lowest BCUT2D eigenvalue weighted by Crippen LogP contribution is -2.16. The SMILES string of the molecule is CC(OC1=CC=C(Oc2ncc(Cl)cc2Cl)CC1)C(=O)Cl. The first kappa shape index (κ1) is 16.1. The van der Waals surface area contributed by atoms with Crippen molar-refractivity contribution in [2.45, 2.75) is 25.9 Å². The van der Waals surface area contributed by atoms with Gasteiger partial charge in [-0.3, -0.25) is 4.79 Å². The van der Waals surface area contributed by atoms with Crippen molar-refractivity contribution >= 4 is 40.0 Å². The van der Waals surface area contributed by atoms with E-state index in [0.29, 0.717) is 40.3 Å². The maximum atomic E-state index is 10.9. The summed E-state index contributed by atoms with van der Waals surface area (Å²) >= 11 is 17.1. The van der Waals surface area contributed by atoms with E-state index in [4.69, 9.17) is 44.3 Å². The number of halogens is 3. The molecule has 1 aromatic heterocycles. The summed E-state index contributed by atoms with van der Waals surface area (Å²) in [6.45, 7) is 1.60. The molecule has 0 radical (unpaired) electrons. The maximum Gasteiger partial charge on any atom is 0.261 e. The first-order valence-corrected chi connectivity index (χ1v) is 7.33. The molecule has 0 N–H and O–H groups in total. The van der Waals surface area contributed by atoms with Gasteiger partial charge in [0.05, 0.1) is 10.8 Å². The van der Waals surface area contributed by atoms with E-state index in [1.165, 1.54) is 6.20 Å². The van der Waals surface area contributed by atoms with E-state index in [1.54, 1.807) is 25.1 Å². The van der Waals surface area contributed by atoms with Crippen molar-refractivity contribution in [1.82, 2.24) is 4.98 Å². The number of allylic oxidation sites excluding steroid dienone is 4. The fourth-order valence-corrected chi connectivity index (χ4v) is 2.12. The zero-order valence-electron chi connectivity index (χ0n) is 11.1. The number of hydrogen-bond donors (Lipinski definition) is 0. The van der Waals surface area contributed by atoms with Crippen molar-refractivity contribution < 1.29 is 14.3 Å². The molecule has 1 unspecified atom stereocenters. The minimum absolute atomic E-state index is 0.300. The summed E-state index contributed by atoms with van der Waals surface area (Å²) in [6, 6.07) is 1.56. The van der Waals surface area contributed by atoms with Crippen molar-refractivity contribution in [3.63, 3.8) is 0 Å². The topological polar surface area (TPSA) is 48.4 Å². The Kier molecular flexibility index (Phi) is 5.51. The van der Waals surface area contributed by atoms with E-state index in [1.807, 2.05) is 0 Å². The second-order valence-electron chi connectivity index (χ2n) is 4.37. The third kappa shape index (κ3) is 4.63. The monoisotopic (exact) mass is 347 g/mol. The molecule has 0 amide bonds. The minimum Gasteiger partial charge on any atom is -0.486 e. The first-order chi connectivity index (χ1) is 9.95. The highest BCUT2D eigenvalue weighted by atomic mass is 35.5. The fraction of sp³-hybridized carbons (Fsp3) is 0.286. The number of carbonyl (C=O) groups excluding carboxylic acids is 1. The standard InChI is InChI=1S/C14H12Cl3NO3/c1-8(13(17)19)20-10-2-4-11(5-3-10)21-14-12(16)6-9(15)7-18-14/h2,4,6-8H,3,5H2,1H3. The maximum absolute atomic E-state index is 10.9. The van der Waals surface area contributed by atoms with Crippen LogP contribution in [0.25, 0.3) is 0 Å². The first-order valence-electron chi connectivity index (χ1n) is 6.20. The molecule has 0 saturated heterocycles. The zero-order chi connectivity index (χ0) is 15.4. The number of hydrogen-bond acceptors (Lipinski definition) is 4. The molecule has 21 heavy (non-hydrogen) atoms. The lowest BCUT2D eigenvalue weighted by molar-refractivity contribution is -0.119. The number of nitrogens with zero attached hydrogens (tertiary/aromatic N) is 1. The van der Waals surface area contributed by atoms with Crippen LogP contribution >= 0.6 is 34.8 Å². The van der Waals surface area contributed by atoms with Crippen molar-refractivity contribution in [2.24, 2.45) is 0 Å². The van der Waals surface area contributed by atoms with Gasteiger partial charge in [0.2, 0.25) is 5.88 Å². The Labute approximate surface area is 137 Å². The molecule has 1 aliphatic rings. The van der Waals surface area contributed by atoms with Gasteiger partial charge in [0.25, 0.3) is 5.24 Å². The summed E-state index contributed by atoms with van der Waals surface area (Å²) in [7, 11) is 0. The molecule has 0 spiro atoms. The van der Waals surface area contributed by atoms with Gasteiger partial charge in [0.1, 0.15) is 10.8 Å². The Morgan fingerprint density at radius 2 is 1.95 bits per heavy atom. The van der Waals surface area contributed by atoms with Crippen LogP contribution in [0.15, 0.2) is 35.9 Å². The van der Waals surface area contributed by atoms with Crippen molar-refractivity contribution in [3.05, 3.63) is 46.0 Å². The van der Waals surface area contributed by atoms with Gasteiger partial charge in [0.15, 0.2) is 6.10 Å². The molecular weight excluding hydrogens is 337 g/mol. The van der Waals surface area contributed by atoms with Gasteiger partial charge >= 0.3 is 0 Å². The van der Waals surface area contributed by atoms with E-state index >= 15 is 0 Å². The number of pyridine rings is 1. The van der Waals surface area contributed by atoms with Crippen LogP contribution in [0.5, 0.6) is 5.88 Å². The van der Waals surface area contributed by atoms with Crippen molar-refractivity contribution in [1.29, 1.82) is 0 Å². The largest absolute Gasteiger partial charge is 0.486 e. The Morgan fingerprint density at radius 1 is 1.29 bits per heavy atom. The Hall–Kier alpha value is -1.23. The van der Waals surface area contributed by atoms with E-state index in [9.17, 15) is 4.79 Å². The molecule has 0 saturated carbocycles. The molecule has 7 heteroatoms. The van der Waals surface area contributed by atoms with Crippen LogP contribution in [-0.4, -0.2) is 16.3 Å². The van der Waals surface area contributed by atoms with Gasteiger partial charge in [0, 0.05) is 19.0 Å². The molecule has 4 nitrogen and oxygen atoms in total. The smallest absolute Gasteiger partial charge is 0.261 e. The number of aromatic nitrogens is 1. The molecule has 0 aromatic carbocycles. The quantitative estimate of drug-likeness (QED) is 0.735. The predicted molar refractivity (Wildman–Crippen MR) is 81.7 cm³/mol. The highest BCUT2D eigenvalue weighted by Gasteiger charge is 2.16. The molecule has 112 valence electrons. The summed E-state index contributed by atoms with van der Waals surface area (Å²) in [5.41, 5.74) is 0. The van der Waals surface area contributed by atoms with Crippen molar-refractivity contribution in [2.75, 3.05) is 0 Å².